The highest BCUT2D eigenvalue weighted by Gasteiger charge is 2.43. The summed E-state index contributed by atoms with van der Waals surface area (Å²) in [4.78, 5) is 0. The molecule has 0 saturated heterocycles. The van der Waals surface area contributed by atoms with Gasteiger partial charge in [-0.15, -0.1) is 10.2 Å². The lowest BCUT2D eigenvalue weighted by Crippen LogP contribution is -2.68. The number of nitrogens with zero attached hydrogens (tertiary/aromatic N) is 1. The van der Waals surface area contributed by atoms with E-state index in [4.69, 9.17) is 18.6 Å². The normalized spacial score (nSPS) is 21.9. The van der Waals surface area contributed by atoms with Gasteiger partial charge in [0.2, 0.25) is 5.69 Å². The van der Waals surface area contributed by atoms with Crippen molar-refractivity contribution in [1.82, 2.24) is 0 Å². The molecule has 1 unspecified atom stereocenters. The Morgan fingerprint density at radius 3 is 2.11 bits per heavy atom. The topological polar surface area (TPSA) is 95.2 Å². The third kappa shape index (κ3) is 3.52. The van der Waals surface area contributed by atoms with Gasteiger partial charge in [-0.25, -0.2) is 23.2 Å². The number of hydrogen-bond donors (Lipinski definition) is 0. The fourth-order valence-electron chi connectivity index (χ4n) is 2.42. The lowest BCUT2D eigenvalue weighted by molar-refractivity contribution is -2.00. The molecule has 1 aromatic carbocycles. The minimum atomic E-state index is -4.94. The molecule has 5 nitrogen and oxygen atoms in total. The first-order valence-corrected chi connectivity index (χ1v) is 7.13. The van der Waals surface area contributed by atoms with Crippen molar-refractivity contribution in [2.75, 3.05) is 7.05 Å². The minimum Gasteiger partial charge on any atom is -0.222 e. The fourth-order valence-corrected chi connectivity index (χ4v) is 2.42. The summed E-state index contributed by atoms with van der Waals surface area (Å²) in [5.41, 5.74) is 4.55. The second-order valence-corrected chi connectivity index (χ2v) is 5.48. The molecule has 19 heavy (non-hydrogen) atoms. The SMILES string of the molecule is CCC1(C)C(C)=[N+](C)c2ccccc21.[O-][Cl+3]([O-])([O-])[O-]. The van der Waals surface area contributed by atoms with E-state index in [1.807, 2.05) is 0 Å². The van der Waals surface area contributed by atoms with Crippen molar-refractivity contribution in [1.29, 1.82) is 0 Å². The highest BCUT2D eigenvalue weighted by molar-refractivity contribution is 5.93. The van der Waals surface area contributed by atoms with Crippen LogP contribution in [0.25, 0.3) is 0 Å². The summed E-state index contributed by atoms with van der Waals surface area (Å²) in [6.07, 6.45) is 1.17. The Kier molecular flexibility index (Phi) is 4.71. The summed E-state index contributed by atoms with van der Waals surface area (Å²) in [5.74, 6) is 0. The van der Waals surface area contributed by atoms with E-state index in [-0.39, 0.29) is 5.41 Å². The van der Waals surface area contributed by atoms with Crippen molar-refractivity contribution in [2.45, 2.75) is 32.6 Å². The second kappa shape index (κ2) is 5.56. The van der Waals surface area contributed by atoms with E-state index < -0.39 is 10.2 Å². The summed E-state index contributed by atoms with van der Waals surface area (Å²) in [7, 11) is -2.78. The number of halogens is 1. The van der Waals surface area contributed by atoms with Crippen LogP contribution in [0.1, 0.15) is 32.8 Å². The number of rotatable bonds is 1. The molecule has 1 atom stereocenters. The molecular formula is C13H18ClNO4. The van der Waals surface area contributed by atoms with E-state index >= 15 is 0 Å². The first-order valence-electron chi connectivity index (χ1n) is 5.90. The second-order valence-electron chi connectivity index (χ2n) is 4.73. The van der Waals surface area contributed by atoms with Gasteiger partial charge >= 0.3 is 0 Å². The molecule has 0 radical (unpaired) electrons. The smallest absolute Gasteiger partial charge is 0.209 e. The van der Waals surface area contributed by atoms with Gasteiger partial charge in [0.1, 0.15) is 7.05 Å². The number of benzene rings is 1. The monoisotopic (exact) mass is 287 g/mol. The van der Waals surface area contributed by atoms with Gasteiger partial charge in [-0.2, -0.15) is 0 Å². The first kappa shape index (κ1) is 16.1. The lowest BCUT2D eigenvalue weighted by atomic mass is 9.78. The highest BCUT2D eigenvalue weighted by atomic mass is 35.7. The Bertz CT molecular complexity index is 490. The Labute approximate surface area is 115 Å². The van der Waals surface area contributed by atoms with Crippen molar-refractivity contribution in [3.8, 4) is 0 Å². The molecule has 0 saturated carbocycles. The minimum absolute atomic E-state index is 0.241. The van der Waals surface area contributed by atoms with Crippen molar-refractivity contribution in [2.24, 2.45) is 0 Å². The standard InChI is InChI=1S/C13H18N.ClHO4/c1-5-13(3)10(2)14(4)12-9-7-6-8-11(12)13;2-1(3,4)5/h6-9H,5H2,1-4H3;(H,2,3,4,5)/q+1;/p-1. The maximum atomic E-state index is 8.49. The van der Waals surface area contributed by atoms with Gasteiger partial charge in [0.05, 0.1) is 5.41 Å². The average Bonchev–Trinajstić information content (AvgIpc) is 2.51. The molecule has 1 aliphatic rings. The summed E-state index contributed by atoms with van der Waals surface area (Å²) >= 11 is 0. The van der Waals surface area contributed by atoms with Crippen LogP contribution >= 0.6 is 0 Å². The van der Waals surface area contributed by atoms with Crippen molar-refractivity contribution >= 4 is 11.4 Å². The molecule has 0 aromatic heterocycles. The lowest BCUT2D eigenvalue weighted by Gasteiger charge is -2.19. The first-order chi connectivity index (χ1) is 8.61. The van der Waals surface area contributed by atoms with Crippen molar-refractivity contribution in [3.05, 3.63) is 29.8 Å². The zero-order chi connectivity index (χ0) is 14.8. The number of hydrogen-bond acceptors (Lipinski definition) is 4. The van der Waals surface area contributed by atoms with Gasteiger partial charge in [-0.05, 0) is 13.3 Å². The Hall–Kier alpha value is -0.980. The predicted molar refractivity (Wildman–Crippen MR) is 60.6 cm³/mol. The van der Waals surface area contributed by atoms with Crippen LogP contribution in [0.5, 0.6) is 0 Å². The molecule has 0 amide bonds. The van der Waals surface area contributed by atoms with Gasteiger partial charge in [0.25, 0.3) is 0 Å². The molecule has 2 rings (SSSR count). The molecule has 6 heteroatoms. The quantitative estimate of drug-likeness (QED) is 0.578. The maximum Gasteiger partial charge on any atom is 0.209 e. The summed E-state index contributed by atoms with van der Waals surface area (Å²) < 4.78 is 36.3. The molecule has 106 valence electrons. The molecule has 1 aliphatic heterocycles. The Morgan fingerprint density at radius 1 is 1.16 bits per heavy atom. The summed E-state index contributed by atoms with van der Waals surface area (Å²) in [6, 6.07) is 8.72. The Balaban J connectivity index is 0.000000312. The summed E-state index contributed by atoms with van der Waals surface area (Å²) in [5, 5.41) is 0. The van der Waals surface area contributed by atoms with E-state index in [2.05, 4.69) is 56.7 Å². The van der Waals surface area contributed by atoms with E-state index in [1.54, 1.807) is 0 Å². The molecule has 0 N–H and O–H groups in total. The van der Waals surface area contributed by atoms with E-state index in [0.29, 0.717) is 0 Å². The van der Waals surface area contributed by atoms with Gasteiger partial charge in [-0.3, -0.25) is 0 Å². The number of fused-ring (bicyclic) bond motifs is 1. The van der Waals surface area contributed by atoms with Crippen molar-refractivity contribution in [3.63, 3.8) is 0 Å². The van der Waals surface area contributed by atoms with Crippen LogP contribution in [0.2, 0.25) is 0 Å². The maximum absolute atomic E-state index is 8.49. The van der Waals surface area contributed by atoms with Gasteiger partial charge in [0, 0.05) is 18.6 Å². The third-order valence-corrected chi connectivity index (χ3v) is 3.87. The van der Waals surface area contributed by atoms with E-state index in [0.717, 1.165) is 0 Å². The van der Waals surface area contributed by atoms with Crippen LogP contribution in [-0.2, 0) is 5.41 Å². The van der Waals surface area contributed by atoms with Crippen LogP contribution < -0.4 is 18.6 Å². The van der Waals surface area contributed by atoms with Crippen LogP contribution in [-0.4, -0.2) is 17.3 Å². The molecule has 0 spiro atoms. The van der Waals surface area contributed by atoms with Gasteiger partial charge < -0.3 is 0 Å². The fraction of sp³-hybridized carbons (Fsp3) is 0.462. The highest BCUT2D eigenvalue weighted by Crippen LogP contribution is 2.40. The zero-order valence-corrected chi connectivity index (χ0v) is 12.2. The molecule has 1 heterocycles. The zero-order valence-electron chi connectivity index (χ0n) is 11.5. The predicted octanol–water partition coefficient (Wildman–Crippen LogP) is -1.65. The molecule has 0 aliphatic carbocycles. The molecular weight excluding hydrogens is 270 g/mol. The van der Waals surface area contributed by atoms with Gasteiger partial charge in [0.15, 0.2) is 5.71 Å². The van der Waals surface area contributed by atoms with Crippen LogP contribution in [0, 0.1) is 10.2 Å². The molecule has 1 aromatic rings. The van der Waals surface area contributed by atoms with Crippen LogP contribution in [0.3, 0.4) is 0 Å². The molecule has 0 fully saturated rings. The largest absolute Gasteiger partial charge is 0.222 e. The number of para-hydroxylation sites is 1. The van der Waals surface area contributed by atoms with Crippen molar-refractivity contribution < 1.29 is 33.5 Å². The summed E-state index contributed by atoms with van der Waals surface area (Å²) in [6.45, 7) is 6.84. The van der Waals surface area contributed by atoms with Gasteiger partial charge in [-0.1, -0.05) is 25.1 Å². The van der Waals surface area contributed by atoms with Crippen LogP contribution in [0.4, 0.5) is 5.69 Å². The average molecular weight is 288 g/mol. The van der Waals surface area contributed by atoms with E-state index in [1.165, 1.54) is 23.4 Å². The van der Waals surface area contributed by atoms with E-state index in [9.17, 15) is 0 Å². The molecule has 0 bridgehead atoms. The van der Waals surface area contributed by atoms with Crippen LogP contribution in [0.15, 0.2) is 24.3 Å². The third-order valence-electron chi connectivity index (χ3n) is 3.87. The Morgan fingerprint density at radius 2 is 1.63 bits per heavy atom.